The van der Waals surface area contributed by atoms with Crippen molar-refractivity contribution in [2.75, 3.05) is 19.0 Å². The van der Waals surface area contributed by atoms with E-state index < -0.39 is 0 Å². The third-order valence-electron chi connectivity index (χ3n) is 5.93. The monoisotopic (exact) mass is 432 g/mol. The van der Waals surface area contributed by atoms with Crippen molar-refractivity contribution in [3.05, 3.63) is 65.5 Å². The first kappa shape index (κ1) is 21.6. The van der Waals surface area contributed by atoms with Crippen molar-refractivity contribution in [2.45, 2.75) is 39.2 Å². The van der Waals surface area contributed by atoms with Gasteiger partial charge < -0.3 is 19.9 Å². The highest BCUT2D eigenvalue weighted by molar-refractivity contribution is 5.95. The number of hydrogen-bond donors (Lipinski definition) is 2. The van der Waals surface area contributed by atoms with Crippen LogP contribution in [0.5, 0.6) is 5.75 Å². The van der Waals surface area contributed by atoms with Crippen molar-refractivity contribution in [1.82, 2.24) is 14.9 Å². The van der Waals surface area contributed by atoms with Gasteiger partial charge in [-0.05, 0) is 48.2 Å². The molecule has 32 heavy (non-hydrogen) atoms. The highest BCUT2D eigenvalue weighted by atomic mass is 16.5. The average molecular weight is 433 g/mol. The van der Waals surface area contributed by atoms with Crippen LogP contribution in [0.15, 0.2) is 48.7 Å². The number of hydrogen-bond acceptors (Lipinski definition) is 4. The van der Waals surface area contributed by atoms with Crippen LogP contribution in [0.2, 0.25) is 0 Å². The van der Waals surface area contributed by atoms with Crippen molar-refractivity contribution < 1.29 is 14.3 Å². The summed E-state index contributed by atoms with van der Waals surface area (Å²) in [5.41, 5.74) is 4.47. The summed E-state index contributed by atoms with van der Waals surface area (Å²) < 4.78 is 7.12. The highest BCUT2D eigenvalue weighted by Gasteiger charge is 2.30. The number of nitrogens with zero attached hydrogens (tertiary/aromatic N) is 2. The summed E-state index contributed by atoms with van der Waals surface area (Å²) in [6, 6.07) is 13.4. The summed E-state index contributed by atoms with van der Waals surface area (Å²) in [6.07, 6.45) is 3.49. The second kappa shape index (κ2) is 9.26. The third kappa shape index (κ3) is 4.10. The molecule has 1 atom stereocenters. The molecule has 7 nitrogen and oxygen atoms in total. The van der Waals surface area contributed by atoms with E-state index in [1.54, 1.807) is 13.3 Å². The van der Waals surface area contributed by atoms with Crippen LogP contribution in [0.1, 0.15) is 47.9 Å². The van der Waals surface area contributed by atoms with Gasteiger partial charge in [0.2, 0.25) is 5.91 Å². The number of imidazole rings is 1. The molecule has 0 saturated carbocycles. The van der Waals surface area contributed by atoms with E-state index in [-0.39, 0.29) is 24.3 Å². The van der Waals surface area contributed by atoms with Crippen LogP contribution < -0.4 is 15.4 Å². The fraction of sp³-hybridized carbons (Fsp3) is 0.320. The summed E-state index contributed by atoms with van der Waals surface area (Å²) >= 11 is 0. The molecule has 1 unspecified atom stereocenters. The molecule has 4 rings (SSSR count). The van der Waals surface area contributed by atoms with Crippen LogP contribution in [0.3, 0.4) is 0 Å². The lowest BCUT2D eigenvalue weighted by atomic mass is 10.0. The maximum atomic E-state index is 13.1. The number of fused-ring (bicyclic) bond motifs is 1. The molecule has 2 aromatic carbocycles. The molecule has 1 aromatic heterocycles. The van der Waals surface area contributed by atoms with Crippen LogP contribution in [-0.4, -0.2) is 35.0 Å². The summed E-state index contributed by atoms with van der Waals surface area (Å²) in [6.45, 7) is 4.54. The van der Waals surface area contributed by atoms with Gasteiger partial charge in [-0.1, -0.05) is 32.0 Å². The molecule has 0 saturated heterocycles. The van der Waals surface area contributed by atoms with Gasteiger partial charge >= 0.3 is 0 Å². The Morgan fingerprint density at radius 1 is 1.16 bits per heavy atom. The standard InChI is InChI=1S/C25H28N4O3/c1-4-16-7-6-8-17(5-2)23(16)28-22(30)13-19-14-27-25(31)21-15-26-24(29(19)21)18-9-11-20(32-3)12-10-18/h6-12,15,19H,4-5,13-14H2,1-3H3,(H,27,31)(H,28,30). The number of aromatic nitrogens is 2. The molecule has 0 radical (unpaired) electrons. The number of aryl methyl sites for hydroxylation is 2. The van der Waals surface area contributed by atoms with Crippen LogP contribution in [0, 0.1) is 0 Å². The Kier molecular flexibility index (Phi) is 6.25. The number of anilines is 1. The summed E-state index contributed by atoms with van der Waals surface area (Å²) in [5, 5.41) is 6.02. The fourth-order valence-electron chi connectivity index (χ4n) is 4.22. The Hall–Kier alpha value is -3.61. The Morgan fingerprint density at radius 3 is 2.47 bits per heavy atom. The predicted octanol–water partition coefficient (Wildman–Crippen LogP) is 4.00. The predicted molar refractivity (Wildman–Crippen MR) is 124 cm³/mol. The van der Waals surface area contributed by atoms with E-state index in [0.717, 1.165) is 41.0 Å². The molecule has 1 aliphatic heterocycles. The molecule has 166 valence electrons. The van der Waals surface area contributed by atoms with Crippen LogP contribution in [0.4, 0.5) is 5.69 Å². The lowest BCUT2D eigenvalue weighted by molar-refractivity contribution is -0.117. The Labute approximate surface area is 187 Å². The van der Waals surface area contributed by atoms with Crippen LogP contribution in [0.25, 0.3) is 11.4 Å². The Morgan fingerprint density at radius 2 is 1.84 bits per heavy atom. The van der Waals surface area contributed by atoms with Gasteiger partial charge in [-0.2, -0.15) is 0 Å². The van der Waals surface area contributed by atoms with E-state index in [1.165, 1.54) is 0 Å². The smallest absolute Gasteiger partial charge is 0.269 e. The molecule has 2 amide bonds. The molecule has 0 fully saturated rings. The fourth-order valence-corrected chi connectivity index (χ4v) is 4.22. The molecule has 7 heteroatoms. The number of benzene rings is 2. The van der Waals surface area contributed by atoms with Gasteiger partial charge in [0.05, 0.1) is 19.3 Å². The van der Waals surface area contributed by atoms with E-state index in [2.05, 4.69) is 29.5 Å². The van der Waals surface area contributed by atoms with E-state index in [1.807, 2.05) is 47.0 Å². The quantitative estimate of drug-likeness (QED) is 0.591. The van der Waals surface area contributed by atoms with Gasteiger partial charge in [0.25, 0.3) is 5.91 Å². The maximum absolute atomic E-state index is 13.1. The molecule has 0 aliphatic carbocycles. The highest BCUT2D eigenvalue weighted by Crippen LogP contribution is 2.30. The number of para-hydroxylation sites is 1. The van der Waals surface area contributed by atoms with E-state index in [0.29, 0.717) is 18.1 Å². The van der Waals surface area contributed by atoms with E-state index in [9.17, 15) is 9.59 Å². The molecular formula is C25H28N4O3. The zero-order valence-corrected chi connectivity index (χ0v) is 18.6. The molecule has 0 spiro atoms. The molecular weight excluding hydrogens is 404 g/mol. The summed E-state index contributed by atoms with van der Waals surface area (Å²) in [5.74, 6) is 1.15. The van der Waals surface area contributed by atoms with Crippen LogP contribution in [-0.2, 0) is 17.6 Å². The van der Waals surface area contributed by atoms with Crippen molar-refractivity contribution >= 4 is 17.5 Å². The summed E-state index contributed by atoms with van der Waals surface area (Å²) in [4.78, 5) is 30.0. The Bertz CT molecular complexity index is 1110. The van der Waals surface area contributed by atoms with Gasteiger partial charge in [0.15, 0.2) is 0 Å². The number of ether oxygens (including phenoxy) is 1. The Balaban J connectivity index is 1.62. The second-order valence-corrected chi connectivity index (χ2v) is 7.84. The van der Waals surface area contributed by atoms with Crippen molar-refractivity contribution in [3.63, 3.8) is 0 Å². The number of nitrogens with one attached hydrogen (secondary N) is 2. The van der Waals surface area contributed by atoms with Gasteiger partial charge in [0, 0.05) is 24.2 Å². The van der Waals surface area contributed by atoms with Gasteiger partial charge in [-0.25, -0.2) is 4.98 Å². The van der Waals surface area contributed by atoms with Gasteiger partial charge in [-0.15, -0.1) is 0 Å². The van der Waals surface area contributed by atoms with Crippen LogP contribution >= 0.6 is 0 Å². The SMILES string of the molecule is CCc1cccc(CC)c1NC(=O)CC1CNC(=O)c2cnc(-c3ccc(OC)cc3)n21. The first-order valence-electron chi connectivity index (χ1n) is 11.0. The number of rotatable bonds is 7. The third-order valence-corrected chi connectivity index (χ3v) is 5.93. The van der Waals surface area contributed by atoms with Crippen molar-refractivity contribution in [1.29, 1.82) is 0 Å². The van der Waals surface area contributed by atoms with Crippen molar-refractivity contribution in [2.24, 2.45) is 0 Å². The molecule has 1 aliphatic rings. The molecule has 2 N–H and O–H groups in total. The first-order valence-corrected chi connectivity index (χ1v) is 11.0. The number of carbonyl (C=O) groups is 2. The maximum Gasteiger partial charge on any atom is 0.269 e. The topological polar surface area (TPSA) is 85.2 Å². The average Bonchev–Trinajstić information content (AvgIpc) is 3.27. The molecule has 3 aromatic rings. The number of carbonyl (C=O) groups excluding carboxylic acids is 2. The zero-order chi connectivity index (χ0) is 22.7. The van der Waals surface area contributed by atoms with E-state index >= 15 is 0 Å². The zero-order valence-electron chi connectivity index (χ0n) is 18.6. The normalized spacial score (nSPS) is 15.1. The van der Waals surface area contributed by atoms with Gasteiger partial charge in [0.1, 0.15) is 17.3 Å². The number of amides is 2. The van der Waals surface area contributed by atoms with E-state index in [4.69, 9.17) is 4.74 Å². The van der Waals surface area contributed by atoms with Gasteiger partial charge in [-0.3, -0.25) is 9.59 Å². The van der Waals surface area contributed by atoms with Crippen molar-refractivity contribution in [3.8, 4) is 17.1 Å². The number of methoxy groups -OCH3 is 1. The lowest BCUT2D eigenvalue weighted by Crippen LogP contribution is -2.40. The molecule has 2 heterocycles. The minimum Gasteiger partial charge on any atom is -0.497 e. The molecule has 0 bridgehead atoms. The second-order valence-electron chi connectivity index (χ2n) is 7.84. The lowest BCUT2D eigenvalue weighted by Gasteiger charge is -2.27. The minimum atomic E-state index is -0.235. The summed E-state index contributed by atoms with van der Waals surface area (Å²) in [7, 11) is 1.62. The minimum absolute atomic E-state index is 0.0814. The first-order chi connectivity index (χ1) is 15.5. The largest absolute Gasteiger partial charge is 0.497 e.